The average Bonchev–Trinajstić information content (AvgIpc) is 3.12. The minimum absolute atomic E-state index is 0.0472. The topological polar surface area (TPSA) is 92.5 Å². The van der Waals surface area contributed by atoms with Gasteiger partial charge in [0.15, 0.2) is 0 Å². The van der Waals surface area contributed by atoms with Gasteiger partial charge in [-0.15, -0.1) is 0 Å². The molecular weight excluding hydrogens is 368 g/mol. The third-order valence-electron chi connectivity index (χ3n) is 6.09. The van der Waals surface area contributed by atoms with E-state index in [0.29, 0.717) is 0 Å². The van der Waals surface area contributed by atoms with Crippen LogP contribution in [0.4, 0.5) is 11.4 Å². The van der Waals surface area contributed by atoms with Crippen molar-refractivity contribution >= 4 is 17.3 Å². The Morgan fingerprint density at radius 2 is 1.86 bits per heavy atom. The van der Waals surface area contributed by atoms with E-state index in [0.717, 1.165) is 23.2 Å². The third kappa shape index (κ3) is 2.76. The lowest BCUT2D eigenvalue weighted by molar-refractivity contribution is -0.384. The number of hydrogen-bond donors (Lipinski definition) is 2. The summed E-state index contributed by atoms with van der Waals surface area (Å²) in [7, 11) is 0. The van der Waals surface area contributed by atoms with Gasteiger partial charge in [0.25, 0.3) is 5.69 Å². The van der Waals surface area contributed by atoms with Gasteiger partial charge in [0.05, 0.1) is 16.5 Å². The minimum Gasteiger partial charge on any atom is -0.478 e. The maximum atomic E-state index is 11.5. The normalized spacial score (nSPS) is 21.4. The van der Waals surface area contributed by atoms with E-state index >= 15 is 0 Å². The van der Waals surface area contributed by atoms with Crippen LogP contribution in [0, 0.1) is 16.0 Å². The maximum absolute atomic E-state index is 11.5. The molecule has 0 saturated carbocycles. The van der Waals surface area contributed by atoms with Gasteiger partial charge >= 0.3 is 5.97 Å². The lowest BCUT2D eigenvalue weighted by atomic mass is 9.75. The first-order chi connectivity index (χ1) is 14.0. The van der Waals surface area contributed by atoms with E-state index in [4.69, 9.17) is 0 Å². The van der Waals surface area contributed by atoms with E-state index < -0.39 is 5.97 Å². The van der Waals surface area contributed by atoms with Crippen molar-refractivity contribution in [3.63, 3.8) is 0 Å². The Morgan fingerprint density at radius 1 is 1.03 bits per heavy atom. The molecule has 3 aromatic carbocycles. The first kappa shape index (κ1) is 17.4. The number of rotatable bonds is 3. The van der Waals surface area contributed by atoms with E-state index in [1.807, 2.05) is 18.2 Å². The van der Waals surface area contributed by atoms with Crippen LogP contribution in [0.1, 0.15) is 44.6 Å². The number of nitrogens with one attached hydrogen (secondary N) is 1. The van der Waals surface area contributed by atoms with Crippen LogP contribution in [0.2, 0.25) is 0 Å². The highest BCUT2D eigenvalue weighted by molar-refractivity contribution is 5.89. The maximum Gasteiger partial charge on any atom is 0.335 e. The fourth-order valence-corrected chi connectivity index (χ4v) is 4.86. The second kappa shape index (κ2) is 6.44. The fraction of sp³-hybridized carbons (Fsp3) is 0.174. The molecule has 6 heteroatoms. The Kier molecular flexibility index (Phi) is 3.87. The lowest BCUT2D eigenvalue weighted by Gasteiger charge is -2.38. The van der Waals surface area contributed by atoms with Gasteiger partial charge in [-0.1, -0.05) is 36.4 Å². The van der Waals surface area contributed by atoms with E-state index in [-0.39, 0.29) is 34.1 Å². The molecule has 1 aliphatic carbocycles. The molecule has 2 N–H and O–H groups in total. The van der Waals surface area contributed by atoms with Crippen LogP contribution in [-0.4, -0.2) is 16.0 Å². The Morgan fingerprint density at radius 3 is 2.66 bits per heavy atom. The standard InChI is InChI=1S/C23H18N2O4/c26-23(27)15-8-9-20-18(12-15)21-17-7-2-1-4-13(17)11-19(21)22(24-20)14-5-3-6-16(10-14)25(28)29/h1-10,12,19,21-22,24H,11H2,(H,26,27)/t19-,21+,22+/m1/s1. The third-order valence-corrected chi connectivity index (χ3v) is 6.09. The summed E-state index contributed by atoms with van der Waals surface area (Å²) < 4.78 is 0. The average molecular weight is 386 g/mol. The van der Waals surface area contributed by atoms with Crippen LogP contribution in [0.15, 0.2) is 66.7 Å². The molecule has 1 heterocycles. The number of carbonyl (C=O) groups is 1. The molecule has 2 aliphatic rings. The van der Waals surface area contributed by atoms with Crippen LogP contribution in [0.5, 0.6) is 0 Å². The predicted molar refractivity (Wildman–Crippen MR) is 108 cm³/mol. The lowest BCUT2D eigenvalue weighted by Crippen LogP contribution is -2.30. The Hall–Kier alpha value is -3.67. The molecule has 6 nitrogen and oxygen atoms in total. The van der Waals surface area contributed by atoms with Crippen molar-refractivity contribution in [2.45, 2.75) is 18.4 Å². The van der Waals surface area contributed by atoms with Gasteiger partial charge < -0.3 is 10.4 Å². The molecule has 144 valence electrons. The van der Waals surface area contributed by atoms with E-state index in [9.17, 15) is 20.0 Å². The molecule has 3 aromatic rings. The summed E-state index contributed by atoms with van der Waals surface area (Å²) in [5, 5.41) is 24.3. The van der Waals surface area contributed by atoms with Gasteiger partial charge in [0, 0.05) is 23.7 Å². The van der Waals surface area contributed by atoms with Gasteiger partial charge in [0.1, 0.15) is 0 Å². The minimum atomic E-state index is -0.948. The SMILES string of the molecule is O=C(O)c1ccc2c(c1)[C@@H]1c3ccccc3C[C@H]1[C@H](c1cccc([N+](=O)[O-])c1)N2. The Labute approximate surface area is 167 Å². The zero-order valence-corrected chi connectivity index (χ0v) is 15.4. The number of non-ortho nitro benzene ring substituents is 1. The molecule has 0 amide bonds. The van der Waals surface area contributed by atoms with Crippen LogP contribution in [0.25, 0.3) is 0 Å². The highest BCUT2D eigenvalue weighted by Crippen LogP contribution is 2.54. The molecule has 0 fully saturated rings. The first-order valence-corrected chi connectivity index (χ1v) is 9.49. The van der Waals surface area contributed by atoms with Gasteiger partial charge in [-0.25, -0.2) is 4.79 Å². The Bertz CT molecular complexity index is 1160. The molecular formula is C23H18N2O4. The molecule has 0 radical (unpaired) electrons. The highest BCUT2D eigenvalue weighted by atomic mass is 16.6. The number of carboxylic acids is 1. The molecule has 1 aliphatic heterocycles. The summed E-state index contributed by atoms with van der Waals surface area (Å²) in [4.78, 5) is 22.4. The number of benzene rings is 3. The van der Waals surface area contributed by atoms with Gasteiger partial charge in [-0.2, -0.15) is 0 Å². The zero-order chi connectivity index (χ0) is 20.1. The molecule has 0 bridgehead atoms. The van der Waals surface area contributed by atoms with Crippen LogP contribution < -0.4 is 5.32 Å². The van der Waals surface area contributed by atoms with E-state index in [2.05, 4.69) is 17.4 Å². The quantitative estimate of drug-likeness (QED) is 0.500. The molecule has 0 spiro atoms. The second-order valence-electron chi connectivity index (χ2n) is 7.63. The molecule has 3 atom stereocenters. The summed E-state index contributed by atoms with van der Waals surface area (Å²) in [6.45, 7) is 0. The summed E-state index contributed by atoms with van der Waals surface area (Å²) >= 11 is 0. The number of nitrogens with zero attached hydrogens (tertiary/aromatic N) is 1. The summed E-state index contributed by atoms with van der Waals surface area (Å²) in [5.41, 5.74) is 5.51. The number of carboxylic acid groups (broad SMARTS) is 1. The monoisotopic (exact) mass is 386 g/mol. The first-order valence-electron chi connectivity index (χ1n) is 9.49. The Balaban J connectivity index is 1.67. The summed E-state index contributed by atoms with van der Waals surface area (Å²) in [6.07, 6.45) is 0.831. The second-order valence-corrected chi connectivity index (χ2v) is 7.63. The van der Waals surface area contributed by atoms with Crippen molar-refractivity contribution in [2.75, 3.05) is 5.32 Å². The highest BCUT2D eigenvalue weighted by Gasteiger charge is 2.43. The molecule has 5 rings (SSSR count). The van der Waals surface area contributed by atoms with Gasteiger partial charge in [0.2, 0.25) is 0 Å². The number of nitro benzene ring substituents is 1. The molecule has 29 heavy (non-hydrogen) atoms. The largest absolute Gasteiger partial charge is 0.478 e. The molecule has 0 aromatic heterocycles. The number of hydrogen-bond acceptors (Lipinski definition) is 4. The van der Waals surface area contributed by atoms with Crippen molar-refractivity contribution in [3.8, 4) is 0 Å². The zero-order valence-electron chi connectivity index (χ0n) is 15.4. The van der Waals surface area contributed by atoms with Crippen molar-refractivity contribution in [1.29, 1.82) is 0 Å². The van der Waals surface area contributed by atoms with Gasteiger partial charge in [-0.05, 0) is 52.8 Å². The van der Waals surface area contributed by atoms with E-state index in [1.165, 1.54) is 17.2 Å². The number of anilines is 1. The number of nitro groups is 1. The van der Waals surface area contributed by atoms with Crippen LogP contribution in [-0.2, 0) is 6.42 Å². The van der Waals surface area contributed by atoms with Crippen molar-refractivity contribution in [3.05, 3.63) is 105 Å². The summed E-state index contributed by atoms with van der Waals surface area (Å²) in [6, 6.07) is 20.1. The number of fused-ring (bicyclic) bond motifs is 5. The summed E-state index contributed by atoms with van der Waals surface area (Å²) in [5.74, 6) is -0.756. The van der Waals surface area contributed by atoms with Gasteiger partial charge in [-0.3, -0.25) is 10.1 Å². The van der Waals surface area contributed by atoms with Crippen molar-refractivity contribution in [2.24, 2.45) is 5.92 Å². The number of aromatic carboxylic acids is 1. The smallest absolute Gasteiger partial charge is 0.335 e. The fourth-order valence-electron chi connectivity index (χ4n) is 4.86. The molecule has 0 saturated heterocycles. The molecule has 0 unspecified atom stereocenters. The van der Waals surface area contributed by atoms with Crippen LogP contribution >= 0.6 is 0 Å². The predicted octanol–water partition coefficient (Wildman–Crippen LogP) is 4.76. The van der Waals surface area contributed by atoms with E-state index in [1.54, 1.807) is 30.3 Å². The van der Waals surface area contributed by atoms with Crippen LogP contribution in [0.3, 0.4) is 0 Å². The van der Waals surface area contributed by atoms with Crippen molar-refractivity contribution < 1.29 is 14.8 Å². The van der Waals surface area contributed by atoms with Crippen molar-refractivity contribution in [1.82, 2.24) is 0 Å².